The number of rotatable bonds is 6. The molecule has 0 bridgehead atoms. The molecule has 0 aliphatic carbocycles. The lowest BCUT2D eigenvalue weighted by molar-refractivity contribution is -0.120. The van der Waals surface area contributed by atoms with Gasteiger partial charge in [0.2, 0.25) is 5.91 Å². The van der Waals surface area contributed by atoms with E-state index in [9.17, 15) is 9.59 Å². The summed E-state index contributed by atoms with van der Waals surface area (Å²) in [4.78, 5) is 27.3. The number of hydrogen-bond acceptors (Lipinski definition) is 5. The SMILES string of the molecule is COc1ccc(C(=O)N2CCOCC2)cc1NC(=O)C(C)C(N)c1ccccc1. The molecule has 2 aromatic carbocycles. The van der Waals surface area contributed by atoms with E-state index in [0.29, 0.717) is 43.3 Å². The number of carbonyl (C=O) groups is 2. The van der Waals surface area contributed by atoms with Gasteiger partial charge in [-0.2, -0.15) is 0 Å². The van der Waals surface area contributed by atoms with Crippen LogP contribution < -0.4 is 15.8 Å². The topological polar surface area (TPSA) is 93.9 Å². The van der Waals surface area contributed by atoms with Gasteiger partial charge < -0.3 is 25.4 Å². The van der Waals surface area contributed by atoms with Crippen LogP contribution in [0.5, 0.6) is 5.75 Å². The second-order valence-corrected chi connectivity index (χ2v) is 7.03. The standard InChI is InChI=1S/C22H27N3O4/c1-15(20(23)16-6-4-3-5-7-16)21(26)24-18-14-17(8-9-19(18)28-2)22(27)25-10-12-29-13-11-25/h3-9,14-15,20H,10-13,23H2,1-2H3,(H,24,26). The van der Waals surface area contributed by atoms with Gasteiger partial charge in [0.05, 0.1) is 31.9 Å². The van der Waals surface area contributed by atoms with Crippen molar-refractivity contribution in [3.8, 4) is 5.75 Å². The Morgan fingerprint density at radius 1 is 1.14 bits per heavy atom. The maximum atomic E-state index is 12.8. The van der Waals surface area contributed by atoms with Gasteiger partial charge in [0.25, 0.3) is 5.91 Å². The molecule has 2 atom stereocenters. The largest absolute Gasteiger partial charge is 0.495 e. The van der Waals surface area contributed by atoms with Crippen LogP contribution in [0.3, 0.4) is 0 Å². The van der Waals surface area contributed by atoms with Crippen molar-refractivity contribution in [2.75, 3.05) is 38.7 Å². The van der Waals surface area contributed by atoms with Crippen molar-refractivity contribution in [2.45, 2.75) is 13.0 Å². The Bertz CT molecular complexity index is 850. The van der Waals surface area contributed by atoms with E-state index in [-0.39, 0.29) is 11.8 Å². The number of morpholine rings is 1. The minimum atomic E-state index is -0.472. The molecule has 0 radical (unpaired) electrons. The summed E-state index contributed by atoms with van der Waals surface area (Å²) >= 11 is 0. The molecule has 1 aliphatic heterocycles. The van der Waals surface area contributed by atoms with Crippen molar-refractivity contribution in [1.82, 2.24) is 4.90 Å². The Hall–Kier alpha value is -2.90. The van der Waals surface area contributed by atoms with Gasteiger partial charge >= 0.3 is 0 Å². The molecule has 1 saturated heterocycles. The molecule has 1 heterocycles. The summed E-state index contributed by atoms with van der Waals surface area (Å²) in [5, 5.41) is 2.87. The van der Waals surface area contributed by atoms with Gasteiger partial charge in [0, 0.05) is 24.7 Å². The van der Waals surface area contributed by atoms with Gasteiger partial charge in [-0.1, -0.05) is 37.3 Å². The van der Waals surface area contributed by atoms with Crippen LogP contribution in [0.25, 0.3) is 0 Å². The molecule has 1 fully saturated rings. The van der Waals surface area contributed by atoms with Crippen LogP contribution in [-0.4, -0.2) is 50.1 Å². The first-order valence-corrected chi connectivity index (χ1v) is 9.67. The second-order valence-electron chi connectivity index (χ2n) is 7.03. The number of anilines is 1. The van der Waals surface area contributed by atoms with Crippen LogP contribution in [-0.2, 0) is 9.53 Å². The van der Waals surface area contributed by atoms with E-state index in [1.165, 1.54) is 7.11 Å². The summed E-state index contributed by atoms with van der Waals surface area (Å²) in [7, 11) is 1.52. The third-order valence-electron chi connectivity index (χ3n) is 5.14. The predicted octanol–water partition coefficient (Wildman–Crippen LogP) is 2.44. The number of hydrogen-bond donors (Lipinski definition) is 2. The maximum absolute atomic E-state index is 12.8. The lowest BCUT2D eigenvalue weighted by Crippen LogP contribution is -2.40. The molecule has 1 aliphatic rings. The van der Waals surface area contributed by atoms with E-state index < -0.39 is 12.0 Å². The highest BCUT2D eigenvalue weighted by Crippen LogP contribution is 2.28. The maximum Gasteiger partial charge on any atom is 0.254 e. The van der Waals surface area contributed by atoms with Crippen molar-refractivity contribution in [3.05, 3.63) is 59.7 Å². The van der Waals surface area contributed by atoms with E-state index in [0.717, 1.165) is 5.56 Å². The van der Waals surface area contributed by atoms with Crippen LogP contribution in [0, 0.1) is 5.92 Å². The summed E-state index contributed by atoms with van der Waals surface area (Å²) in [5.41, 5.74) is 8.10. The van der Waals surface area contributed by atoms with Gasteiger partial charge in [-0.3, -0.25) is 9.59 Å². The van der Waals surface area contributed by atoms with Crippen LogP contribution in [0.4, 0.5) is 5.69 Å². The Morgan fingerprint density at radius 3 is 2.48 bits per heavy atom. The normalized spacial score (nSPS) is 16.0. The van der Waals surface area contributed by atoms with Crippen molar-refractivity contribution in [1.29, 1.82) is 0 Å². The third-order valence-corrected chi connectivity index (χ3v) is 5.14. The zero-order chi connectivity index (χ0) is 20.8. The van der Waals surface area contributed by atoms with Gasteiger partial charge in [-0.05, 0) is 23.8 Å². The zero-order valence-electron chi connectivity index (χ0n) is 16.8. The molecule has 3 N–H and O–H groups in total. The van der Waals surface area contributed by atoms with Crippen molar-refractivity contribution >= 4 is 17.5 Å². The molecule has 7 heteroatoms. The van der Waals surface area contributed by atoms with Crippen LogP contribution in [0.15, 0.2) is 48.5 Å². The van der Waals surface area contributed by atoms with E-state index in [2.05, 4.69) is 5.32 Å². The van der Waals surface area contributed by atoms with Crippen LogP contribution >= 0.6 is 0 Å². The quantitative estimate of drug-likeness (QED) is 0.781. The fourth-order valence-electron chi connectivity index (χ4n) is 3.26. The molecule has 0 spiro atoms. The van der Waals surface area contributed by atoms with Crippen LogP contribution in [0.1, 0.15) is 28.9 Å². The van der Waals surface area contributed by atoms with Crippen LogP contribution in [0.2, 0.25) is 0 Å². The highest BCUT2D eigenvalue weighted by atomic mass is 16.5. The minimum absolute atomic E-state index is 0.0968. The molecule has 3 rings (SSSR count). The number of ether oxygens (including phenoxy) is 2. The average Bonchev–Trinajstić information content (AvgIpc) is 2.78. The number of nitrogens with two attached hydrogens (primary N) is 1. The first kappa shape index (κ1) is 20.8. The van der Waals surface area contributed by atoms with Crippen molar-refractivity contribution in [3.63, 3.8) is 0 Å². The summed E-state index contributed by atoms with van der Waals surface area (Å²) < 4.78 is 10.7. The summed E-state index contributed by atoms with van der Waals surface area (Å²) in [6.07, 6.45) is 0. The summed E-state index contributed by atoms with van der Waals surface area (Å²) in [6, 6.07) is 14.1. The number of methoxy groups -OCH3 is 1. The first-order chi connectivity index (χ1) is 14.0. The van der Waals surface area contributed by atoms with Gasteiger partial charge in [0.15, 0.2) is 0 Å². The Balaban J connectivity index is 1.76. The lowest BCUT2D eigenvalue weighted by Gasteiger charge is -2.27. The predicted molar refractivity (Wildman–Crippen MR) is 111 cm³/mol. The molecule has 154 valence electrons. The smallest absolute Gasteiger partial charge is 0.254 e. The Kier molecular flexibility index (Phi) is 6.85. The van der Waals surface area contributed by atoms with E-state index in [1.807, 2.05) is 30.3 Å². The fourth-order valence-corrected chi connectivity index (χ4v) is 3.26. The molecule has 29 heavy (non-hydrogen) atoms. The van der Waals surface area contributed by atoms with Gasteiger partial charge in [-0.15, -0.1) is 0 Å². The average molecular weight is 397 g/mol. The first-order valence-electron chi connectivity index (χ1n) is 9.67. The Morgan fingerprint density at radius 2 is 1.83 bits per heavy atom. The van der Waals surface area contributed by atoms with Gasteiger partial charge in [0.1, 0.15) is 5.75 Å². The molecule has 2 amide bonds. The highest BCUT2D eigenvalue weighted by Gasteiger charge is 2.24. The summed E-state index contributed by atoms with van der Waals surface area (Å²) in [5.74, 6) is -0.325. The highest BCUT2D eigenvalue weighted by molar-refractivity contribution is 5.99. The minimum Gasteiger partial charge on any atom is -0.495 e. The Labute approximate surface area is 170 Å². The number of nitrogens with one attached hydrogen (secondary N) is 1. The lowest BCUT2D eigenvalue weighted by atomic mass is 9.94. The third kappa shape index (κ3) is 4.93. The van der Waals surface area contributed by atoms with Gasteiger partial charge in [-0.25, -0.2) is 0 Å². The fraction of sp³-hybridized carbons (Fsp3) is 0.364. The zero-order valence-corrected chi connectivity index (χ0v) is 16.8. The molecule has 7 nitrogen and oxygen atoms in total. The summed E-state index contributed by atoms with van der Waals surface area (Å²) in [6.45, 7) is 3.94. The molecular formula is C22H27N3O4. The number of carbonyl (C=O) groups excluding carboxylic acids is 2. The molecule has 2 unspecified atom stereocenters. The molecule has 2 aromatic rings. The van der Waals surface area contributed by atoms with E-state index in [1.54, 1.807) is 30.0 Å². The molecular weight excluding hydrogens is 370 g/mol. The number of nitrogens with zero attached hydrogens (tertiary/aromatic N) is 1. The number of amides is 2. The number of benzene rings is 2. The monoisotopic (exact) mass is 397 g/mol. The van der Waals surface area contributed by atoms with E-state index in [4.69, 9.17) is 15.2 Å². The molecule has 0 saturated carbocycles. The van der Waals surface area contributed by atoms with E-state index >= 15 is 0 Å². The van der Waals surface area contributed by atoms with Crippen molar-refractivity contribution in [2.24, 2.45) is 11.7 Å². The second kappa shape index (κ2) is 9.54. The van der Waals surface area contributed by atoms with Crippen molar-refractivity contribution < 1.29 is 19.1 Å². The molecule has 0 aromatic heterocycles.